The van der Waals surface area contributed by atoms with E-state index in [0.717, 1.165) is 23.2 Å². The van der Waals surface area contributed by atoms with Gasteiger partial charge in [-0.1, -0.05) is 47.5 Å². The van der Waals surface area contributed by atoms with E-state index in [-0.39, 0.29) is 15.8 Å². The SMILES string of the molecule is Cc1ccc(S(=O)(=O)Nc2ccc(C(=O)N3CCc4ccccc43)c(Cl)c2)cc1. The molecule has 3 aromatic carbocycles. The Morgan fingerprint density at radius 1 is 1.03 bits per heavy atom. The lowest BCUT2D eigenvalue weighted by Gasteiger charge is -2.18. The molecule has 0 unspecified atom stereocenters. The van der Waals surface area contributed by atoms with Gasteiger partial charge in [0.15, 0.2) is 0 Å². The van der Waals surface area contributed by atoms with Crippen LogP contribution in [-0.4, -0.2) is 20.9 Å². The number of fused-ring (bicyclic) bond motifs is 1. The minimum Gasteiger partial charge on any atom is -0.308 e. The summed E-state index contributed by atoms with van der Waals surface area (Å²) < 4.78 is 27.6. The zero-order valence-corrected chi connectivity index (χ0v) is 17.3. The van der Waals surface area contributed by atoms with Gasteiger partial charge in [0, 0.05) is 12.2 Å². The average molecular weight is 427 g/mol. The Kier molecular flexibility index (Phi) is 5.06. The summed E-state index contributed by atoms with van der Waals surface area (Å²) in [5.74, 6) is -0.201. The number of halogens is 1. The molecular weight excluding hydrogens is 408 g/mol. The maximum atomic E-state index is 13.0. The Bertz CT molecular complexity index is 1190. The van der Waals surface area contributed by atoms with Crippen molar-refractivity contribution in [3.63, 3.8) is 0 Å². The highest BCUT2D eigenvalue weighted by Crippen LogP contribution is 2.31. The third-order valence-corrected chi connectivity index (χ3v) is 6.63. The molecule has 7 heteroatoms. The van der Waals surface area contributed by atoms with Crippen LogP contribution in [0, 0.1) is 6.92 Å². The predicted molar refractivity (Wildman–Crippen MR) is 115 cm³/mol. The first kappa shape index (κ1) is 19.5. The van der Waals surface area contributed by atoms with E-state index in [0.29, 0.717) is 17.8 Å². The first-order valence-corrected chi connectivity index (χ1v) is 11.0. The number of aryl methyl sites for hydroxylation is 1. The monoisotopic (exact) mass is 426 g/mol. The smallest absolute Gasteiger partial charge is 0.261 e. The molecule has 29 heavy (non-hydrogen) atoms. The number of sulfonamides is 1. The second kappa shape index (κ2) is 7.54. The van der Waals surface area contributed by atoms with E-state index in [4.69, 9.17) is 11.6 Å². The van der Waals surface area contributed by atoms with Gasteiger partial charge in [0.1, 0.15) is 0 Å². The minimum absolute atomic E-state index is 0.160. The molecule has 1 aliphatic heterocycles. The first-order chi connectivity index (χ1) is 13.8. The topological polar surface area (TPSA) is 66.5 Å². The molecule has 0 saturated heterocycles. The Balaban J connectivity index is 1.57. The van der Waals surface area contributed by atoms with Gasteiger partial charge in [-0.2, -0.15) is 0 Å². The van der Waals surface area contributed by atoms with Crippen LogP contribution < -0.4 is 9.62 Å². The lowest BCUT2D eigenvalue weighted by atomic mass is 10.1. The second-order valence-corrected chi connectivity index (χ2v) is 9.04. The Morgan fingerprint density at radius 2 is 1.76 bits per heavy atom. The third-order valence-electron chi connectivity index (χ3n) is 4.92. The number of hydrogen-bond donors (Lipinski definition) is 1. The van der Waals surface area contributed by atoms with Crippen molar-refractivity contribution in [3.05, 3.63) is 88.4 Å². The molecule has 4 rings (SSSR count). The van der Waals surface area contributed by atoms with Crippen LogP contribution in [0.1, 0.15) is 21.5 Å². The predicted octanol–water partition coefficient (Wildman–Crippen LogP) is 4.65. The van der Waals surface area contributed by atoms with Gasteiger partial charge >= 0.3 is 0 Å². The number of carbonyl (C=O) groups excluding carboxylic acids is 1. The molecule has 0 atom stereocenters. The van der Waals surface area contributed by atoms with Gasteiger partial charge in [-0.3, -0.25) is 9.52 Å². The maximum absolute atomic E-state index is 13.0. The summed E-state index contributed by atoms with van der Waals surface area (Å²) in [4.78, 5) is 14.8. The van der Waals surface area contributed by atoms with Crippen LogP contribution in [0.4, 0.5) is 11.4 Å². The van der Waals surface area contributed by atoms with Crippen LogP contribution >= 0.6 is 11.6 Å². The van der Waals surface area contributed by atoms with E-state index in [2.05, 4.69) is 4.72 Å². The highest BCUT2D eigenvalue weighted by Gasteiger charge is 2.26. The molecule has 0 radical (unpaired) electrons. The van der Waals surface area contributed by atoms with E-state index >= 15 is 0 Å². The van der Waals surface area contributed by atoms with E-state index < -0.39 is 10.0 Å². The second-order valence-electron chi connectivity index (χ2n) is 6.95. The third kappa shape index (κ3) is 3.86. The van der Waals surface area contributed by atoms with Gasteiger partial charge in [-0.15, -0.1) is 0 Å². The van der Waals surface area contributed by atoms with Crippen molar-refractivity contribution in [2.75, 3.05) is 16.2 Å². The normalized spacial score (nSPS) is 13.2. The van der Waals surface area contributed by atoms with E-state index in [1.54, 1.807) is 41.3 Å². The van der Waals surface area contributed by atoms with Crippen LogP contribution in [0.25, 0.3) is 0 Å². The van der Waals surface area contributed by atoms with Crippen molar-refractivity contribution >= 4 is 38.9 Å². The van der Waals surface area contributed by atoms with Crippen molar-refractivity contribution in [2.24, 2.45) is 0 Å². The molecule has 0 bridgehead atoms. The van der Waals surface area contributed by atoms with Gasteiger partial charge in [0.2, 0.25) is 0 Å². The van der Waals surface area contributed by atoms with Crippen LogP contribution in [-0.2, 0) is 16.4 Å². The standard InChI is InChI=1S/C22H19ClN2O3S/c1-15-6-9-18(10-7-15)29(27,28)24-17-8-11-19(20(23)14-17)22(26)25-13-12-16-4-2-3-5-21(16)25/h2-11,14,24H,12-13H2,1H3. The highest BCUT2D eigenvalue weighted by atomic mass is 35.5. The number of nitrogens with zero attached hydrogens (tertiary/aromatic N) is 1. The zero-order chi connectivity index (χ0) is 20.6. The molecule has 0 aromatic heterocycles. The Hall–Kier alpha value is -2.83. The fourth-order valence-electron chi connectivity index (χ4n) is 3.38. The number of anilines is 2. The van der Waals surface area contributed by atoms with Crippen LogP contribution in [0.3, 0.4) is 0 Å². The van der Waals surface area contributed by atoms with Gasteiger partial charge in [-0.25, -0.2) is 8.42 Å². The zero-order valence-electron chi connectivity index (χ0n) is 15.7. The molecular formula is C22H19ClN2O3S. The van der Waals surface area contributed by atoms with Crippen molar-refractivity contribution in [2.45, 2.75) is 18.2 Å². The van der Waals surface area contributed by atoms with Gasteiger partial charge < -0.3 is 4.90 Å². The highest BCUT2D eigenvalue weighted by molar-refractivity contribution is 7.92. The number of rotatable bonds is 4. The van der Waals surface area contributed by atoms with E-state index in [9.17, 15) is 13.2 Å². The fourth-order valence-corrected chi connectivity index (χ4v) is 4.69. The number of nitrogens with one attached hydrogen (secondary N) is 1. The van der Waals surface area contributed by atoms with Crippen LogP contribution in [0.2, 0.25) is 5.02 Å². The molecule has 5 nitrogen and oxygen atoms in total. The quantitative estimate of drug-likeness (QED) is 0.660. The van der Waals surface area contributed by atoms with Gasteiger partial charge in [-0.05, 0) is 55.3 Å². The molecule has 1 heterocycles. The van der Waals surface area contributed by atoms with E-state index in [1.165, 1.54) is 6.07 Å². The van der Waals surface area contributed by atoms with Gasteiger partial charge in [0.25, 0.3) is 15.9 Å². The molecule has 1 aliphatic rings. The molecule has 0 saturated carbocycles. The van der Waals surface area contributed by atoms with Crippen LogP contribution in [0.5, 0.6) is 0 Å². The van der Waals surface area contributed by atoms with Crippen molar-refractivity contribution in [1.82, 2.24) is 0 Å². The van der Waals surface area contributed by atoms with Crippen molar-refractivity contribution < 1.29 is 13.2 Å². The molecule has 1 N–H and O–H groups in total. The maximum Gasteiger partial charge on any atom is 0.261 e. The first-order valence-electron chi connectivity index (χ1n) is 9.14. The summed E-state index contributed by atoms with van der Waals surface area (Å²) in [6, 6.07) is 18.9. The lowest BCUT2D eigenvalue weighted by molar-refractivity contribution is 0.0989. The number of para-hydroxylation sites is 1. The summed E-state index contributed by atoms with van der Waals surface area (Å²) >= 11 is 6.34. The Morgan fingerprint density at radius 3 is 2.48 bits per heavy atom. The molecule has 0 spiro atoms. The van der Waals surface area contributed by atoms with Crippen molar-refractivity contribution in [3.8, 4) is 0 Å². The molecule has 148 valence electrons. The summed E-state index contributed by atoms with van der Waals surface area (Å²) in [6.45, 7) is 2.48. The number of carbonyl (C=O) groups is 1. The van der Waals surface area contributed by atoms with Crippen LogP contribution in [0.15, 0.2) is 71.6 Å². The number of hydrogen-bond acceptors (Lipinski definition) is 3. The number of benzene rings is 3. The largest absolute Gasteiger partial charge is 0.308 e. The van der Waals surface area contributed by atoms with Crippen molar-refractivity contribution in [1.29, 1.82) is 0 Å². The summed E-state index contributed by atoms with van der Waals surface area (Å²) in [6.07, 6.45) is 0.800. The molecule has 0 aliphatic carbocycles. The van der Waals surface area contributed by atoms with E-state index in [1.807, 2.05) is 31.2 Å². The Labute approximate surface area is 175 Å². The van der Waals surface area contributed by atoms with Gasteiger partial charge in [0.05, 0.1) is 21.2 Å². The minimum atomic E-state index is -3.74. The molecule has 3 aromatic rings. The summed E-state index contributed by atoms with van der Waals surface area (Å²) in [7, 11) is -3.74. The molecule has 0 fully saturated rings. The number of amides is 1. The fraction of sp³-hybridized carbons (Fsp3) is 0.136. The molecule has 1 amide bonds. The average Bonchev–Trinajstić information content (AvgIpc) is 3.12. The lowest BCUT2D eigenvalue weighted by Crippen LogP contribution is -2.29. The summed E-state index contributed by atoms with van der Waals surface area (Å²) in [5, 5.41) is 0.198. The summed E-state index contributed by atoms with van der Waals surface area (Å²) in [5.41, 5.74) is 3.62.